The number of Topliss-reactive ketones (excluding diaryl/α,β-unsaturated/α-hetero) is 1. The molecule has 22 aromatic rings. The number of nitrogen functional groups attached to an aromatic ring is 7. The molecule has 1 aliphatic rings. The van der Waals surface area contributed by atoms with Gasteiger partial charge in [0.2, 0.25) is 0 Å². The van der Waals surface area contributed by atoms with Crippen molar-refractivity contribution in [1.29, 1.82) is 0 Å². The number of primary amides is 5. The van der Waals surface area contributed by atoms with E-state index in [1.807, 2.05) is 181 Å². The summed E-state index contributed by atoms with van der Waals surface area (Å²) in [5.41, 5.74) is 81.1. The van der Waals surface area contributed by atoms with E-state index in [9.17, 15) is 37.2 Å². The van der Waals surface area contributed by atoms with E-state index in [1.54, 1.807) is 87.8 Å². The van der Waals surface area contributed by atoms with Crippen LogP contribution in [0.4, 0.5) is 40.7 Å². The smallest absolute Gasteiger partial charge is 0.251 e. The number of hydrogen-bond donors (Lipinski definition) is 12. The van der Waals surface area contributed by atoms with Crippen LogP contribution < -0.4 is 73.5 Å². The Hall–Kier alpha value is -16.9. The Morgan fingerprint density at radius 2 is 0.796 bits per heavy atom. The third-order valence-electron chi connectivity index (χ3n) is 22.7. The van der Waals surface area contributed by atoms with Gasteiger partial charge in [-0.25, -0.2) is 62.9 Å². The van der Waals surface area contributed by atoms with Crippen molar-refractivity contribution >= 4 is 248 Å². The number of benzene rings is 6. The summed E-state index contributed by atoms with van der Waals surface area (Å²) in [6.45, 7) is 6.59. The van der Waals surface area contributed by atoms with Crippen molar-refractivity contribution in [3.8, 4) is 84.9 Å². The number of para-hydroxylation sites is 1. The van der Waals surface area contributed by atoms with Gasteiger partial charge in [0.25, 0.3) is 29.5 Å². The number of sulfone groups is 1. The topological polar surface area (TPSA) is 617 Å². The minimum absolute atomic E-state index is 0.0129. The number of thiophene rings is 5. The number of nitrogens with zero attached hydrogens (tertiary/aromatic N) is 13. The summed E-state index contributed by atoms with van der Waals surface area (Å²) in [4.78, 5) is 118. The molecule has 1 aliphatic heterocycles. The Bertz CT molecular complexity index is 8450. The Kier molecular flexibility index (Phi) is 31.0. The SMILES string of the molecule is CC(=O)c1cnc(N)c2cc(-c3ccccc3)sc12.CS(=O)(=O)c1ccc(-c2cc3c(N)ncc(C(N)=O)c3s2)cc1.NC(=O)c1cnc(N)c2cc(-c3ccc(OCCN4CCOCC4)cc3)sc12.NC(=O)c1cnc(N)c2cc(-c3cscn3)sc12.NC(=O)c1cnc(N)c2nc(-c3ccccc3)sc12.NC(=O)c1cnc(N)c2nn(-c3ccccc3)cc12.Nc1ncc(-c2nccs2)c2sc(-c3ccccc3)cc12. The van der Waals surface area contributed by atoms with Gasteiger partial charge in [0.15, 0.2) is 27.3 Å². The van der Waals surface area contributed by atoms with Crippen LogP contribution in [0, 0.1) is 0 Å². The number of aromatic nitrogens is 12. The molecule has 23 rings (SSSR count). The summed E-state index contributed by atoms with van der Waals surface area (Å²) >= 11 is 12.1. The van der Waals surface area contributed by atoms with Gasteiger partial charge in [-0.15, -0.1) is 90.7 Å². The third-order valence-corrected chi connectivity index (χ3v) is 32.4. The van der Waals surface area contributed by atoms with Crippen molar-refractivity contribution in [2.45, 2.75) is 11.8 Å². The largest absolute Gasteiger partial charge is 0.492 e. The molecular weight excluding hydrogens is 2040 g/mol. The molecular formula is C103H87N25O10S9. The first kappa shape index (κ1) is 102. The van der Waals surface area contributed by atoms with E-state index in [0.717, 1.165) is 154 Å². The van der Waals surface area contributed by atoms with Crippen LogP contribution in [0.3, 0.4) is 0 Å². The molecule has 0 radical (unpaired) electrons. The normalized spacial score (nSPS) is 11.8. The van der Waals surface area contributed by atoms with Crippen LogP contribution in [0.2, 0.25) is 0 Å². The Balaban J connectivity index is 0.000000118. The fourth-order valence-corrected chi connectivity index (χ4v) is 24.2. The summed E-state index contributed by atoms with van der Waals surface area (Å²) in [5, 5.41) is 14.7. The highest BCUT2D eigenvalue weighted by atomic mass is 32.2. The van der Waals surface area contributed by atoms with Crippen LogP contribution >= 0.6 is 90.7 Å². The van der Waals surface area contributed by atoms with E-state index >= 15 is 0 Å². The van der Waals surface area contributed by atoms with Crippen molar-refractivity contribution in [2.75, 3.05) is 85.8 Å². The van der Waals surface area contributed by atoms with Crippen LogP contribution in [0.25, 0.3) is 151 Å². The number of carbonyl (C=O) groups is 6. The molecule has 0 aliphatic carbocycles. The number of pyridine rings is 7. The van der Waals surface area contributed by atoms with Crippen molar-refractivity contribution in [2.24, 2.45) is 28.7 Å². The number of amides is 5. The standard InChI is InChI=1S/C20H22N4O3S.C16H11N3S2.C15H13N3O3S2.C15H12N2OS.C13H11N5O.C13H10N4OS.C11H8N4OS2/c21-19-15-11-17(28-18(15)16(12-23-19)20(22)25)13-1-3-14(4-2-13)27-10-7-24-5-8-26-9-6-24;17-15-11-8-13(10-4-2-1-3-5-10)21-14(11)12(9-19-15)16-18-6-7-20-16;1-23(20,21)9-4-2-8(3-5-9)12-6-10-13(22-12)11(15(17)19)7-18-14(10)16;1-9(18)12-8-17-15(16)11-7-13(19-14(11)12)10-5-3-2-4-6-10;14-12-11-10(9(6-16-12)13(15)19)7-18(17-11)8-4-2-1-3-5-8;14-11-9-10(8(6-16-11)12(15)18)19-13(17-9)7-4-2-1-3-5-7;12-10-5-1-8(7-3-17-4-15-7)18-9(5)6(2-14-10)11(13)16/h1-4,11-12H,5-10H2,(H2,21,23)(H2,22,25);1-9H,(H2,17,19);2-7H,1H3,(H2,16,18)(H2,17,19);2-8H,1H3,(H2,16,17);1-7H,(H2,14,16)(H2,15,19);1-6H,(H2,14,16)(H2,15,18);1-4H,(H2,12,14)(H2,13,16). The second-order valence-electron chi connectivity index (χ2n) is 32.3. The maximum Gasteiger partial charge on any atom is 0.251 e. The number of morpholine rings is 1. The van der Waals surface area contributed by atoms with E-state index in [2.05, 4.69) is 78.0 Å². The number of thiazole rings is 3. The van der Waals surface area contributed by atoms with Crippen molar-refractivity contribution < 1.29 is 46.7 Å². The molecule has 0 atom stereocenters. The first-order valence-electron chi connectivity index (χ1n) is 44.3. The van der Waals surface area contributed by atoms with E-state index in [4.69, 9.17) is 78.3 Å². The zero-order valence-corrected chi connectivity index (χ0v) is 85.1. The van der Waals surface area contributed by atoms with Crippen LogP contribution in [0.15, 0.2) is 277 Å². The third kappa shape index (κ3) is 23.1. The average molecular weight is 2120 g/mol. The van der Waals surface area contributed by atoms with E-state index < -0.39 is 39.4 Å². The fourth-order valence-electron chi connectivity index (χ4n) is 15.2. The second-order valence-corrected chi connectivity index (χ2v) is 42.2. The lowest BCUT2D eigenvalue weighted by molar-refractivity contribution is 0.0322. The van der Waals surface area contributed by atoms with Crippen LogP contribution in [0.5, 0.6) is 5.75 Å². The van der Waals surface area contributed by atoms with Gasteiger partial charge in [0, 0.05) is 155 Å². The minimum Gasteiger partial charge on any atom is -0.492 e. The first-order chi connectivity index (χ1) is 70.9. The molecule has 1 saturated heterocycles. The molecule has 17 heterocycles. The molecule has 5 amide bonds. The number of fused-ring (bicyclic) bond motifs is 7. The lowest BCUT2D eigenvalue weighted by atomic mass is 10.1. The lowest BCUT2D eigenvalue weighted by Gasteiger charge is -2.26. The van der Waals surface area contributed by atoms with Gasteiger partial charge in [-0.1, -0.05) is 121 Å². The van der Waals surface area contributed by atoms with Gasteiger partial charge >= 0.3 is 0 Å². The van der Waals surface area contributed by atoms with Crippen LogP contribution in [0.1, 0.15) is 69.1 Å². The molecule has 0 spiro atoms. The van der Waals surface area contributed by atoms with Crippen LogP contribution in [-0.4, -0.2) is 154 Å². The summed E-state index contributed by atoms with van der Waals surface area (Å²) in [6.07, 6.45) is 15.1. The molecule has 0 saturated carbocycles. The molecule has 147 heavy (non-hydrogen) atoms. The number of hydrogen-bond acceptors (Lipinski definition) is 37. The highest BCUT2D eigenvalue weighted by Gasteiger charge is 2.25. The maximum absolute atomic E-state index is 11.7. The van der Waals surface area contributed by atoms with Crippen molar-refractivity contribution in [1.82, 2.24) is 64.5 Å². The summed E-state index contributed by atoms with van der Waals surface area (Å²) < 4.78 is 40.8. The highest BCUT2D eigenvalue weighted by molar-refractivity contribution is 7.90. The number of rotatable bonds is 19. The van der Waals surface area contributed by atoms with Gasteiger partial charge < -0.3 is 78.3 Å². The highest BCUT2D eigenvalue weighted by Crippen LogP contribution is 2.45. The van der Waals surface area contributed by atoms with Gasteiger partial charge in [-0.2, -0.15) is 5.10 Å². The minimum atomic E-state index is -3.24. The number of anilines is 7. The number of carbonyl (C=O) groups excluding carboxylic acids is 6. The fraction of sp³-hybridized carbons (Fsp3) is 0.0777. The number of nitrogens with two attached hydrogens (primary N) is 12. The van der Waals surface area contributed by atoms with Gasteiger partial charge in [0.05, 0.1) is 101 Å². The van der Waals surface area contributed by atoms with E-state index in [1.165, 1.54) is 98.1 Å². The zero-order chi connectivity index (χ0) is 103. The average Bonchev–Trinajstić information content (AvgIpc) is 1.61. The molecule has 24 N–H and O–H groups in total. The molecule has 0 bridgehead atoms. The Labute approximate surface area is 869 Å². The quantitative estimate of drug-likeness (QED) is 0.0335. The predicted octanol–water partition coefficient (Wildman–Crippen LogP) is 18.1. The van der Waals surface area contributed by atoms with E-state index in [-0.39, 0.29) is 16.5 Å². The Morgan fingerprint density at radius 1 is 0.401 bits per heavy atom. The molecule has 6 aromatic carbocycles. The zero-order valence-electron chi connectivity index (χ0n) is 77.7. The van der Waals surface area contributed by atoms with Crippen molar-refractivity contribution in [3.05, 3.63) is 306 Å². The first-order valence-corrected chi connectivity index (χ1v) is 52.9. The monoisotopic (exact) mass is 2120 g/mol. The molecule has 35 nitrogen and oxygen atoms in total. The van der Waals surface area contributed by atoms with Gasteiger partial charge in [0.1, 0.15) is 62.5 Å². The van der Waals surface area contributed by atoms with Gasteiger partial charge in [-0.3, -0.25) is 33.7 Å². The molecule has 738 valence electrons. The van der Waals surface area contributed by atoms with Crippen molar-refractivity contribution in [3.63, 3.8) is 0 Å². The number of ketones is 1. The predicted molar refractivity (Wildman–Crippen MR) is 593 cm³/mol. The molecule has 0 unspecified atom stereocenters. The lowest BCUT2D eigenvalue weighted by Crippen LogP contribution is -2.38. The summed E-state index contributed by atoms with van der Waals surface area (Å²) in [6, 6.07) is 63.8. The molecule has 1 fully saturated rings. The summed E-state index contributed by atoms with van der Waals surface area (Å²) in [7, 11) is -3.24. The molecule has 16 aromatic heterocycles. The number of ether oxygens (including phenoxy) is 2. The summed E-state index contributed by atoms with van der Waals surface area (Å²) in [5.74, 6) is 0.924. The van der Waals surface area contributed by atoms with E-state index in [0.29, 0.717) is 106 Å². The Morgan fingerprint density at radius 3 is 1.24 bits per heavy atom. The van der Waals surface area contributed by atoms with Gasteiger partial charge in [-0.05, 0) is 108 Å². The second kappa shape index (κ2) is 44.9. The maximum atomic E-state index is 11.7. The van der Waals surface area contributed by atoms with Crippen LogP contribution in [-0.2, 0) is 14.6 Å². The molecule has 44 heteroatoms.